The highest BCUT2D eigenvalue weighted by molar-refractivity contribution is 7.80. The van der Waals surface area contributed by atoms with Crippen molar-refractivity contribution in [3.05, 3.63) is 47.5 Å². The molecule has 0 N–H and O–H groups in total. The number of hydrogen-bond acceptors (Lipinski definition) is 1. The first kappa shape index (κ1) is 9.95. The molecule has 1 aromatic carbocycles. The van der Waals surface area contributed by atoms with Crippen molar-refractivity contribution < 1.29 is 0 Å². The minimum Gasteiger partial charge on any atom is -0.175 e. The normalized spacial score (nSPS) is 10.5. The predicted molar refractivity (Wildman–Crippen MR) is 60.9 cm³/mol. The second-order valence-corrected chi connectivity index (χ2v) is 3.05. The summed E-state index contributed by atoms with van der Waals surface area (Å²) in [5.74, 6) is 6.88. The minimum atomic E-state index is 0.745. The minimum absolute atomic E-state index is 0.745. The van der Waals surface area contributed by atoms with Gasteiger partial charge < -0.3 is 0 Å². The molecule has 0 radical (unpaired) electrons. The smallest absolute Gasteiger partial charge is 0.0248 e. The largest absolute Gasteiger partial charge is 0.175 e. The third-order valence-electron chi connectivity index (χ3n) is 1.58. The standard InChI is InChI=1S/C12H12S/c1-11(9-10-13)7-8-12-5-3-2-4-6-12/h2-6,9,13H,10H2,1H3/b11-9-. The van der Waals surface area contributed by atoms with Crippen LogP contribution in [-0.2, 0) is 0 Å². The maximum atomic E-state index is 4.10. The van der Waals surface area contributed by atoms with Crippen LogP contribution >= 0.6 is 12.6 Å². The van der Waals surface area contributed by atoms with Gasteiger partial charge >= 0.3 is 0 Å². The third kappa shape index (κ3) is 3.87. The van der Waals surface area contributed by atoms with Crippen molar-refractivity contribution in [3.63, 3.8) is 0 Å². The first-order valence-corrected chi connectivity index (χ1v) is 4.81. The number of rotatable bonds is 1. The number of hydrogen-bond donors (Lipinski definition) is 1. The quantitative estimate of drug-likeness (QED) is 0.508. The van der Waals surface area contributed by atoms with E-state index in [4.69, 9.17) is 0 Å². The summed E-state index contributed by atoms with van der Waals surface area (Å²) in [5, 5.41) is 0. The summed E-state index contributed by atoms with van der Waals surface area (Å²) >= 11 is 4.10. The lowest BCUT2D eigenvalue weighted by molar-refractivity contribution is 1.53. The molecular formula is C12H12S. The van der Waals surface area contributed by atoms with Gasteiger partial charge in [-0.05, 0) is 24.6 Å². The summed E-state index contributed by atoms with van der Waals surface area (Å²) < 4.78 is 0. The predicted octanol–water partition coefficient (Wildman–Crippen LogP) is 2.91. The van der Waals surface area contributed by atoms with Gasteiger partial charge in [-0.1, -0.05) is 36.1 Å². The molecule has 1 aromatic rings. The van der Waals surface area contributed by atoms with E-state index in [0.717, 1.165) is 16.9 Å². The van der Waals surface area contributed by atoms with Gasteiger partial charge in [0.05, 0.1) is 0 Å². The fourth-order valence-corrected chi connectivity index (χ4v) is 1.15. The van der Waals surface area contributed by atoms with Crippen LogP contribution in [0.1, 0.15) is 12.5 Å². The van der Waals surface area contributed by atoms with Crippen molar-refractivity contribution in [1.29, 1.82) is 0 Å². The number of benzene rings is 1. The summed E-state index contributed by atoms with van der Waals surface area (Å²) in [7, 11) is 0. The third-order valence-corrected chi connectivity index (χ3v) is 1.76. The Hall–Kier alpha value is -1.13. The molecule has 13 heavy (non-hydrogen) atoms. The lowest BCUT2D eigenvalue weighted by Gasteiger charge is -1.87. The highest BCUT2D eigenvalue weighted by Crippen LogP contribution is 1.97. The highest BCUT2D eigenvalue weighted by atomic mass is 32.1. The fraction of sp³-hybridized carbons (Fsp3) is 0.167. The monoisotopic (exact) mass is 188 g/mol. The second-order valence-electron chi connectivity index (χ2n) is 2.69. The van der Waals surface area contributed by atoms with Crippen molar-refractivity contribution >= 4 is 12.6 Å². The Balaban J connectivity index is 2.73. The summed E-state index contributed by atoms with van der Waals surface area (Å²) in [6.45, 7) is 1.99. The van der Waals surface area contributed by atoms with Gasteiger partial charge in [0.1, 0.15) is 0 Å². The van der Waals surface area contributed by atoms with Gasteiger partial charge in [-0.25, -0.2) is 0 Å². The lowest BCUT2D eigenvalue weighted by atomic mass is 10.2. The first-order valence-electron chi connectivity index (χ1n) is 4.17. The zero-order valence-corrected chi connectivity index (χ0v) is 8.51. The molecule has 0 bridgehead atoms. The Kier molecular flexibility index (Phi) is 4.21. The number of thiol groups is 1. The lowest BCUT2D eigenvalue weighted by Crippen LogP contribution is -1.73. The van der Waals surface area contributed by atoms with E-state index in [9.17, 15) is 0 Å². The van der Waals surface area contributed by atoms with Gasteiger partial charge in [-0.15, -0.1) is 0 Å². The van der Waals surface area contributed by atoms with E-state index in [2.05, 4.69) is 24.5 Å². The zero-order valence-electron chi connectivity index (χ0n) is 7.62. The maximum absolute atomic E-state index is 4.10. The van der Waals surface area contributed by atoms with Crippen LogP contribution in [0.25, 0.3) is 0 Å². The van der Waals surface area contributed by atoms with E-state index in [1.807, 2.05) is 43.3 Å². The molecule has 0 unspecified atom stereocenters. The topological polar surface area (TPSA) is 0 Å². The molecule has 0 saturated heterocycles. The van der Waals surface area contributed by atoms with Crippen molar-refractivity contribution in [1.82, 2.24) is 0 Å². The van der Waals surface area contributed by atoms with Crippen molar-refractivity contribution in [2.45, 2.75) is 6.92 Å². The molecule has 0 atom stereocenters. The van der Waals surface area contributed by atoms with Crippen LogP contribution in [0.4, 0.5) is 0 Å². The van der Waals surface area contributed by atoms with Gasteiger partial charge in [-0.2, -0.15) is 12.6 Å². The molecule has 0 spiro atoms. The van der Waals surface area contributed by atoms with Crippen LogP contribution in [-0.4, -0.2) is 5.75 Å². The van der Waals surface area contributed by atoms with Crippen LogP contribution in [0.3, 0.4) is 0 Å². The number of allylic oxidation sites excluding steroid dienone is 1. The molecule has 0 aliphatic rings. The highest BCUT2D eigenvalue weighted by Gasteiger charge is 1.82. The Morgan fingerprint density at radius 1 is 1.38 bits per heavy atom. The van der Waals surface area contributed by atoms with E-state index >= 15 is 0 Å². The molecule has 0 amide bonds. The van der Waals surface area contributed by atoms with E-state index < -0.39 is 0 Å². The molecule has 0 aliphatic carbocycles. The maximum Gasteiger partial charge on any atom is 0.0248 e. The van der Waals surface area contributed by atoms with Crippen molar-refractivity contribution in [3.8, 4) is 11.8 Å². The Bertz CT molecular complexity index is 338. The van der Waals surface area contributed by atoms with Crippen LogP contribution < -0.4 is 0 Å². The molecule has 1 heteroatoms. The molecular weight excluding hydrogens is 176 g/mol. The molecule has 0 aliphatic heterocycles. The van der Waals surface area contributed by atoms with E-state index in [1.54, 1.807) is 0 Å². The van der Waals surface area contributed by atoms with Gasteiger partial charge in [0.15, 0.2) is 0 Å². The van der Waals surface area contributed by atoms with E-state index in [1.165, 1.54) is 0 Å². The van der Waals surface area contributed by atoms with Crippen LogP contribution in [0.15, 0.2) is 42.0 Å². The fourth-order valence-electron chi connectivity index (χ4n) is 0.880. The molecule has 0 fully saturated rings. The Labute approximate surface area is 85.1 Å². The van der Waals surface area contributed by atoms with Gasteiger partial charge in [0.25, 0.3) is 0 Å². The second kappa shape index (κ2) is 5.50. The van der Waals surface area contributed by atoms with Gasteiger partial charge in [-0.3, -0.25) is 0 Å². The Morgan fingerprint density at radius 2 is 2.08 bits per heavy atom. The van der Waals surface area contributed by atoms with Crippen molar-refractivity contribution in [2.24, 2.45) is 0 Å². The van der Waals surface area contributed by atoms with Gasteiger partial charge in [0, 0.05) is 11.3 Å². The summed E-state index contributed by atoms with van der Waals surface area (Å²) in [6, 6.07) is 9.97. The summed E-state index contributed by atoms with van der Waals surface area (Å²) in [4.78, 5) is 0. The molecule has 66 valence electrons. The molecule has 0 heterocycles. The summed E-state index contributed by atoms with van der Waals surface area (Å²) in [6.07, 6.45) is 2.00. The van der Waals surface area contributed by atoms with Crippen molar-refractivity contribution in [2.75, 3.05) is 5.75 Å². The summed E-state index contributed by atoms with van der Waals surface area (Å²) in [5.41, 5.74) is 2.12. The van der Waals surface area contributed by atoms with Crippen LogP contribution in [0, 0.1) is 11.8 Å². The Morgan fingerprint density at radius 3 is 2.69 bits per heavy atom. The molecule has 0 nitrogen and oxygen atoms in total. The van der Waals surface area contributed by atoms with Gasteiger partial charge in [0.2, 0.25) is 0 Å². The zero-order chi connectivity index (χ0) is 9.52. The SMILES string of the molecule is C/C(C#Cc1ccccc1)=C/CS. The van der Waals surface area contributed by atoms with E-state index in [0.29, 0.717) is 0 Å². The molecule has 0 saturated carbocycles. The average Bonchev–Trinajstić information content (AvgIpc) is 2.17. The molecule has 1 rings (SSSR count). The first-order chi connectivity index (χ1) is 6.33. The van der Waals surface area contributed by atoms with Crippen LogP contribution in [0.2, 0.25) is 0 Å². The van der Waals surface area contributed by atoms with Crippen LogP contribution in [0.5, 0.6) is 0 Å². The molecule has 0 aromatic heterocycles. The van der Waals surface area contributed by atoms with E-state index in [-0.39, 0.29) is 0 Å². The average molecular weight is 188 g/mol.